The number of hydrogen-bond donors (Lipinski definition) is 1. The molecule has 0 amide bonds. The summed E-state index contributed by atoms with van der Waals surface area (Å²) < 4.78 is 26.8. The van der Waals surface area contributed by atoms with Crippen molar-refractivity contribution in [2.75, 3.05) is 5.75 Å². The minimum absolute atomic E-state index is 0.00186. The first-order valence-electron chi connectivity index (χ1n) is 7.11. The Labute approximate surface area is 124 Å². The summed E-state index contributed by atoms with van der Waals surface area (Å²) in [4.78, 5) is 10.1. The van der Waals surface area contributed by atoms with E-state index in [4.69, 9.17) is 0 Å². The zero-order chi connectivity index (χ0) is 15.5. The van der Waals surface area contributed by atoms with Crippen LogP contribution >= 0.6 is 0 Å². The van der Waals surface area contributed by atoms with Gasteiger partial charge in [-0.2, -0.15) is 0 Å². The number of rotatable bonds is 7. The summed E-state index contributed by atoms with van der Waals surface area (Å²) in [7, 11) is -3.31. The molecule has 0 heterocycles. The number of non-ortho nitro benzene ring substituents is 1. The number of sulfonamides is 1. The van der Waals surface area contributed by atoms with Crippen molar-refractivity contribution < 1.29 is 13.3 Å². The third kappa shape index (κ3) is 4.50. The Hall–Kier alpha value is -1.47. The van der Waals surface area contributed by atoms with E-state index in [1.54, 1.807) is 12.1 Å². The van der Waals surface area contributed by atoms with E-state index in [2.05, 4.69) is 4.72 Å². The van der Waals surface area contributed by atoms with Gasteiger partial charge in [-0.1, -0.05) is 18.6 Å². The lowest BCUT2D eigenvalue weighted by molar-refractivity contribution is -0.384. The third-order valence-electron chi connectivity index (χ3n) is 4.03. The molecule has 0 radical (unpaired) electrons. The molecule has 7 heteroatoms. The summed E-state index contributed by atoms with van der Waals surface area (Å²) in [6.07, 6.45) is 3.71. The fourth-order valence-electron chi connectivity index (χ4n) is 2.41. The predicted octanol–water partition coefficient (Wildman–Crippen LogP) is 2.25. The third-order valence-corrected chi connectivity index (χ3v) is 5.50. The summed E-state index contributed by atoms with van der Waals surface area (Å²) in [6, 6.07) is 5.98. The molecule has 6 nitrogen and oxygen atoms in total. The Morgan fingerprint density at radius 1 is 1.33 bits per heavy atom. The van der Waals surface area contributed by atoms with E-state index in [-0.39, 0.29) is 17.5 Å². The minimum atomic E-state index is -3.31. The second kappa shape index (κ2) is 6.53. The topological polar surface area (TPSA) is 89.3 Å². The number of nitro benzene ring substituents is 1. The first-order valence-corrected chi connectivity index (χ1v) is 8.76. The van der Waals surface area contributed by atoms with Gasteiger partial charge in [0, 0.05) is 18.2 Å². The Morgan fingerprint density at radius 2 is 1.95 bits per heavy atom. The van der Waals surface area contributed by atoms with Crippen molar-refractivity contribution in [3.63, 3.8) is 0 Å². The molecular weight excluding hydrogens is 292 g/mol. The molecule has 1 fully saturated rings. The van der Waals surface area contributed by atoms with Crippen molar-refractivity contribution >= 4 is 15.7 Å². The Kier molecular flexibility index (Phi) is 4.95. The summed E-state index contributed by atoms with van der Waals surface area (Å²) >= 11 is 0. The maximum Gasteiger partial charge on any atom is 0.269 e. The summed E-state index contributed by atoms with van der Waals surface area (Å²) in [6.45, 7) is 1.91. The van der Waals surface area contributed by atoms with Gasteiger partial charge in [0.15, 0.2) is 0 Å². The maximum absolute atomic E-state index is 12.0. The second-order valence-electron chi connectivity index (χ2n) is 5.59. The lowest BCUT2D eigenvalue weighted by Gasteiger charge is -2.31. The average molecular weight is 312 g/mol. The van der Waals surface area contributed by atoms with E-state index in [1.807, 2.05) is 6.92 Å². The molecule has 21 heavy (non-hydrogen) atoms. The summed E-state index contributed by atoms with van der Waals surface area (Å²) in [5.74, 6) is 0.459. The minimum Gasteiger partial charge on any atom is -0.258 e. The van der Waals surface area contributed by atoms with E-state index < -0.39 is 14.9 Å². The van der Waals surface area contributed by atoms with E-state index in [0.29, 0.717) is 12.3 Å². The first-order chi connectivity index (χ1) is 9.87. The van der Waals surface area contributed by atoms with Crippen LogP contribution in [0, 0.1) is 16.0 Å². The zero-order valence-electron chi connectivity index (χ0n) is 12.0. The zero-order valence-corrected chi connectivity index (χ0v) is 12.8. The van der Waals surface area contributed by atoms with Crippen molar-refractivity contribution in [2.24, 2.45) is 5.92 Å². The van der Waals surface area contributed by atoms with Gasteiger partial charge in [-0.25, -0.2) is 13.1 Å². The van der Waals surface area contributed by atoms with Gasteiger partial charge >= 0.3 is 0 Å². The molecular formula is C14H20N2O4S. The van der Waals surface area contributed by atoms with Crippen LogP contribution in [0.1, 0.15) is 31.7 Å². The largest absolute Gasteiger partial charge is 0.269 e. The van der Waals surface area contributed by atoms with Crippen LogP contribution in [0.3, 0.4) is 0 Å². The van der Waals surface area contributed by atoms with Gasteiger partial charge in [0.1, 0.15) is 0 Å². The summed E-state index contributed by atoms with van der Waals surface area (Å²) in [5, 5.41) is 10.5. The van der Waals surface area contributed by atoms with Crippen LogP contribution in [0.5, 0.6) is 0 Å². The van der Waals surface area contributed by atoms with E-state index in [9.17, 15) is 18.5 Å². The van der Waals surface area contributed by atoms with Gasteiger partial charge in [0.2, 0.25) is 10.0 Å². The molecule has 1 aliphatic carbocycles. The average Bonchev–Trinajstić information content (AvgIpc) is 2.34. The molecule has 1 aliphatic rings. The molecule has 0 bridgehead atoms. The van der Waals surface area contributed by atoms with Gasteiger partial charge in [-0.05, 0) is 37.7 Å². The molecule has 0 saturated heterocycles. The van der Waals surface area contributed by atoms with Crippen LogP contribution in [0.2, 0.25) is 0 Å². The Morgan fingerprint density at radius 3 is 2.43 bits per heavy atom. The van der Waals surface area contributed by atoms with Gasteiger partial charge in [0.05, 0.1) is 10.7 Å². The van der Waals surface area contributed by atoms with Gasteiger partial charge in [-0.3, -0.25) is 10.1 Å². The van der Waals surface area contributed by atoms with Crippen LogP contribution in [0.4, 0.5) is 5.69 Å². The molecule has 0 spiro atoms. The monoisotopic (exact) mass is 312 g/mol. The SMILES string of the molecule is C[C@H](NS(=O)(=O)CCc1ccc([N+](=O)[O-])cc1)C1CCC1. The van der Waals surface area contributed by atoms with Crippen molar-refractivity contribution in [3.8, 4) is 0 Å². The van der Waals surface area contributed by atoms with E-state index >= 15 is 0 Å². The molecule has 0 aliphatic heterocycles. The normalized spacial score (nSPS) is 17.2. The number of nitro groups is 1. The van der Waals surface area contributed by atoms with Gasteiger partial charge in [0.25, 0.3) is 5.69 Å². The van der Waals surface area contributed by atoms with Crippen LogP contribution in [0.25, 0.3) is 0 Å². The molecule has 0 aromatic heterocycles. The first kappa shape index (κ1) is 15.9. The second-order valence-corrected chi connectivity index (χ2v) is 7.46. The van der Waals surface area contributed by atoms with Crippen LogP contribution in [0.15, 0.2) is 24.3 Å². The quantitative estimate of drug-likeness (QED) is 0.617. The standard InChI is InChI=1S/C14H20N2O4S/c1-11(13-3-2-4-13)15-21(19,20)10-9-12-5-7-14(8-6-12)16(17)18/h5-8,11,13,15H,2-4,9-10H2,1H3/t11-/m0/s1. The van der Waals surface area contributed by atoms with Crippen molar-refractivity contribution in [2.45, 2.75) is 38.6 Å². The number of benzene rings is 1. The maximum atomic E-state index is 12.0. The van der Waals surface area contributed by atoms with Gasteiger partial charge in [-0.15, -0.1) is 0 Å². The molecule has 0 unspecified atom stereocenters. The van der Waals surface area contributed by atoms with Crippen molar-refractivity contribution in [1.82, 2.24) is 4.72 Å². The molecule has 1 atom stereocenters. The summed E-state index contributed by atoms with van der Waals surface area (Å²) in [5.41, 5.74) is 0.792. The van der Waals surface area contributed by atoms with Crippen LogP contribution in [-0.2, 0) is 16.4 Å². The highest BCUT2D eigenvalue weighted by atomic mass is 32.2. The fourth-order valence-corrected chi connectivity index (χ4v) is 3.80. The molecule has 1 aromatic rings. The fraction of sp³-hybridized carbons (Fsp3) is 0.571. The number of aryl methyl sites for hydroxylation is 1. The lowest BCUT2D eigenvalue weighted by atomic mass is 9.81. The number of nitrogens with one attached hydrogen (secondary N) is 1. The molecule has 2 rings (SSSR count). The lowest BCUT2D eigenvalue weighted by Crippen LogP contribution is -2.41. The molecule has 1 aromatic carbocycles. The van der Waals surface area contributed by atoms with Crippen LogP contribution in [-0.4, -0.2) is 25.1 Å². The van der Waals surface area contributed by atoms with E-state index in [0.717, 1.165) is 18.4 Å². The highest BCUT2D eigenvalue weighted by molar-refractivity contribution is 7.89. The van der Waals surface area contributed by atoms with E-state index in [1.165, 1.54) is 18.6 Å². The highest BCUT2D eigenvalue weighted by Crippen LogP contribution is 2.29. The van der Waals surface area contributed by atoms with Crippen LogP contribution < -0.4 is 4.72 Å². The molecule has 1 N–H and O–H groups in total. The Balaban J connectivity index is 1.87. The smallest absolute Gasteiger partial charge is 0.258 e. The number of hydrogen-bond acceptors (Lipinski definition) is 4. The van der Waals surface area contributed by atoms with Crippen molar-refractivity contribution in [1.29, 1.82) is 0 Å². The van der Waals surface area contributed by atoms with Crippen molar-refractivity contribution in [3.05, 3.63) is 39.9 Å². The molecule has 1 saturated carbocycles. The van der Waals surface area contributed by atoms with Gasteiger partial charge < -0.3 is 0 Å². The highest BCUT2D eigenvalue weighted by Gasteiger charge is 2.26. The molecule has 116 valence electrons. The Bertz CT molecular complexity index is 594. The number of nitrogens with zero attached hydrogens (tertiary/aromatic N) is 1. The predicted molar refractivity (Wildman–Crippen MR) is 80.5 cm³/mol.